The summed E-state index contributed by atoms with van der Waals surface area (Å²) in [5.74, 6) is -0.148. The fourth-order valence-electron chi connectivity index (χ4n) is 3.03. The van der Waals surface area contributed by atoms with Crippen molar-refractivity contribution < 1.29 is 18.0 Å². The highest BCUT2D eigenvalue weighted by atomic mass is 19.4. The normalized spacial score (nSPS) is 19.5. The summed E-state index contributed by atoms with van der Waals surface area (Å²) in [6.07, 6.45) is -2.26. The van der Waals surface area contributed by atoms with Gasteiger partial charge in [-0.1, -0.05) is 18.2 Å². The van der Waals surface area contributed by atoms with Crippen molar-refractivity contribution in [2.24, 2.45) is 5.73 Å². The minimum Gasteiger partial charge on any atom is -0.384 e. The maximum atomic E-state index is 12.7. The number of carbonyl (C=O) groups excluding carboxylic acids is 1. The molecule has 0 spiro atoms. The zero-order chi connectivity index (χ0) is 20.7. The van der Waals surface area contributed by atoms with Gasteiger partial charge in [0.1, 0.15) is 17.2 Å². The number of nitrogens with two attached hydrogens (primary N) is 1. The molecule has 1 amide bonds. The van der Waals surface area contributed by atoms with Crippen molar-refractivity contribution in [2.75, 3.05) is 10.3 Å². The minimum atomic E-state index is -4.49. The third-order valence-electron chi connectivity index (χ3n) is 4.51. The second kappa shape index (κ2) is 6.83. The second-order valence-corrected chi connectivity index (χ2v) is 6.84. The van der Waals surface area contributed by atoms with E-state index < -0.39 is 23.2 Å². The molecule has 4 N–H and O–H groups in total. The van der Waals surface area contributed by atoms with Crippen LogP contribution in [-0.2, 0) is 11.0 Å². The summed E-state index contributed by atoms with van der Waals surface area (Å²) in [5.41, 5.74) is 9.88. The van der Waals surface area contributed by atoms with Crippen molar-refractivity contribution in [3.05, 3.63) is 65.1 Å². The highest BCUT2D eigenvalue weighted by Crippen LogP contribution is 2.31. The van der Waals surface area contributed by atoms with Crippen molar-refractivity contribution in [1.82, 2.24) is 10.4 Å². The van der Waals surface area contributed by atoms with E-state index in [1.54, 1.807) is 18.0 Å². The summed E-state index contributed by atoms with van der Waals surface area (Å²) < 4.78 is 37.9. The van der Waals surface area contributed by atoms with E-state index in [4.69, 9.17) is 5.73 Å². The van der Waals surface area contributed by atoms with Crippen LogP contribution in [0.5, 0.6) is 0 Å². The summed E-state index contributed by atoms with van der Waals surface area (Å²) >= 11 is 0. The van der Waals surface area contributed by atoms with Gasteiger partial charge in [-0.25, -0.2) is 10.4 Å². The van der Waals surface area contributed by atoms with Gasteiger partial charge in [0.2, 0.25) is 0 Å². The van der Waals surface area contributed by atoms with Gasteiger partial charge < -0.3 is 11.1 Å². The fraction of sp³-hybridized carbons (Fsp3) is 0.263. The molecule has 2 aromatic rings. The van der Waals surface area contributed by atoms with E-state index in [0.717, 1.165) is 28.9 Å². The number of anilines is 2. The molecule has 1 aliphatic rings. The third kappa shape index (κ3) is 3.65. The van der Waals surface area contributed by atoms with Crippen LogP contribution in [-0.4, -0.2) is 16.4 Å². The number of aryl methyl sites for hydroxylation is 2. The number of hydrogen-bond donors (Lipinski definition) is 3. The Hall–Kier alpha value is -3.07. The number of pyridine rings is 1. The molecule has 9 heteroatoms. The van der Waals surface area contributed by atoms with Crippen LogP contribution in [0, 0.1) is 13.8 Å². The third-order valence-corrected chi connectivity index (χ3v) is 4.51. The number of carbonyl (C=O) groups is 1. The van der Waals surface area contributed by atoms with Crippen LogP contribution >= 0.6 is 0 Å². The van der Waals surface area contributed by atoms with Crippen molar-refractivity contribution in [2.45, 2.75) is 32.5 Å². The smallest absolute Gasteiger partial charge is 0.384 e. The molecule has 1 aromatic heterocycles. The number of halogens is 3. The second-order valence-electron chi connectivity index (χ2n) is 6.84. The number of rotatable bonds is 3. The Morgan fingerprint density at radius 3 is 2.39 bits per heavy atom. The number of hydrogen-bond acceptors (Lipinski definition) is 5. The molecule has 6 nitrogen and oxygen atoms in total. The van der Waals surface area contributed by atoms with Crippen LogP contribution in [0.15, 0.2) is 48.4 Å². The maximum absolute atomic E-state index is 12.7. The molecule has 1 aromatic carbocycles. The standard InChI is InChI=1S/C19H20F3N5O/c1-11-5-4-6-12(2)16(11)27-14(23)9-18(3,26-27)17(28)25-15-8-7-13(10-24-15)19(20,21)22/h4-10,26H,23H2,1-3H3,(H,24,25,28). The number of aromatic nitrogens is 1. The van der Waals surface area contributed by atoms with Crippen LogP contribution in [0.1, 0.15) is 23.6 Å². The molecule has 0 aliphatic carbocycles. The van der Waals surface area contributed by atoms with Crippen molar-refractivity contribution in [3.8, 4) is 0 Å². The van der Waals surface area contributed by atoms with Gasteiger partial charge in [-0.15, -0.1) is 0 Å². The van der Waals surface area contributed by atoms with Crippen LogP contribution in [0.2, 0.25) is 0 Å². The molecule has 0 fully saturated rings. The van der Waals surface area contributed by atoms with Gasteiger partial charge in [0, 0.05) is 6.20 Å². The first-order chi connectivity index (χ1) is 13.0. The number of amides is 1. The lowest BCUT2D eigenvalue weighted by Crippen LogP contribution is -2.53. The summed E-state index contributed by atoms with van der Waals surface area (Å²) in [6, 6.07) is 7.75. The van der Waals surface area contributed by atoms with Crippen molar-refractivity contribution in [1.29, 1.82) is 0 Å². The number of alkyl halides is 3. The van der Waals surface area contributed by atoms with Crippen LogP contribution in [0.4, 0.5) is 24.7 Å². The van der Waals surface area contributed by atoms with Crippen LogP contribution in [0.25, 0.3) is 0 Å². The van der Waals surface area contributed by atoms with Crippen LogP contribution < -0.4 is 21.5 Å². The fourth-order valence-corrected chi connectivity index (χ4v) is 3.03. The predicted molar refractivity (Wildman–Crippen MR) is 100 cm³/mol. The van der Waals surface area contributed by atoms with E-state index in [9.17, 15) is 18.0 Å². The Morgan fingerprint density at radius 2 is 1.86 bits per heavy atom. The van der Waals surface area contributed by atoms with E-state index >= 15 is 0 Å². The molecule has 1 unspecified atom stereocenters. The predicted octanol–water partition coefficient (Wildman–Crippen LogP) is 3.24. The molecule has 3 rings (SSSR count). The van der Waals surface area contributed by atoms with Crippen molar-refractivity contribution in [3.63, 3.8) is 0 Å². The van der Waals surface area contributed by atoms with E-state index in [-0.39, 0.29) is 5.82 Å². The van der Waals surface area contributed by atoms with Gasteiger partial charge >= 0.3 is 6.18 Å². The molecule has 0 bridgehead atoms. The number of para-hydroxylation sites is 1. The van der Waals surface area contributed by atoms with Gasteiger partial charge in [-0.2, -0.15) is 13.2 Å². The molecule has 0 saturated carbocycles. The topological polar surface area (TPSA) is 83.3 Å². The van der Waals surface area contributed by atoms with Gasteiger partial charge in [0.15, 0.2) is 0 Å². The Labute approximate surface area is 160 Å². The summed E-state index contributed by atoms with van der Waals surface area (Å²) in [4.78, 5) is 16.4. The van der Waals surface area contributed by atoms with E-state index in [1.807, 2.05) is 32.0 Å². The monoisotopic (exact) mass is 391 g/mol. The quantitative estimate of drug-likeness (QED) is 0.748. The van der Waals surface area contributed by atoms with Gasteiger partial charge in [-0.3, -0.25) is 9.80 Å². The Kier molecular flexibility index (Phi) is 4.80. The summed E-state index contributed by atoms with van der Waals surface area (Å²) in [7, 11) is 0. The zero-order valence-corrected chi connectivity index (χ0v) is 15.6. The summed E-state index contributed by atoms with van der Waals surface area (Å²) in [5, 5.41) is 4.15. The molecule has 1 atom stereocenters. The number of nitrogens with one attached hydrogen (secondary N) is 2. The highest BCUT2D eigenvalue weighted by Gasteiger charge is 2.40. The first kappa shape index (κ1) is 19.7. The SMILES string of the molecule is Cc1cccc(C)c1N1NC(C)(C(=O)Nc2ccc(C(F)(F)F)cn2)C=C1N. The molecule has 0 radical (unpaired) electrons. The van der Waals surface area contributed by atoms with Gasteiger partial charge in [0.05, 0.1) is 11.3 Å². The first-order valence-electron chi connectivity index (χ1n) is 8.48. The van der Waals surface area contributed by atoms with Crippen LogP contribution in [0.3, 0.4) is 0 Å². The van der Waals surface area contributed by atoms with E-state index in [1.165, 1.54) is 0 Å². The minimum absolute atomic E-state index is 0.0125. The van der Waals surface area contributed by atoms with E-state index in [0.29, 0.717) is 12.0 Å². The lowest BCUT2D eigenvalue weighted by Gasteiger charge is -2.29. The zero-order valence-electron chi connectivity index (χ0n) is 15.6. The first-order valence-corrected chi connectivity index (χ1v) is 8.48. The molecule has 28 heavy (non-hydrogen) atoms. The average molecular weight is 391 g/mol. The molecular weight excluding hydrogens is 371 g/mol. The molecule has 1 aliphatic heterocycles. The number of hydrazine groups is 1. The largest absolute Gasteiger partial charge is 0.417 e. The van der Waals surface area contributed by atoms with Gasteiger partial charge in [0.25, 0.3) is 5.91 Å². The average Bonchev–Trinajstić information content (AvgIpc) is 2.90. The molecule has 148 valence electrons. The Morgan fingerprint density at radius 1 is 1.21 bits per heavy atom. The lowest BCUT2D eigenvalue weighted by molar-refractivity contribution is -0.137. The Bertz CT molecular complexity index is 919. The molecule has 0 saturated heterocycles. The maximum Gasteiger partial charge on any atom is 0.417 e. The summed E-state index contributed by atoms with van der Waals surface area (Å²) in [6.45, 7) is 5.48. The lowest BCUT2D eigenvalue weighted by atomic mass is 10.0. The van der Waals surface area contributed by atoms with E-state index in [2.05, 4.69) is 15.7 Å². The number of benzene rings is 1. The molecular formula is C19H20F3N5O. The highest BCUT2D eigenvalue weighted by molar-refractivity contribution is 5.99. The number of nitrogens with zero attached hydrogens (tertiary/aromatic N) is 2. The van der Waals surface area contributed by atoms with Crippen molar-refractivity contribution >= 4 is 17.4 Å². The Balaban J connectivity index is 1.79. The van der Waals surface area contributed by atoms with Gasteiger partial charge in [-0.05, 0) is 50.1 Å². The molecule has 2 heterocycles.